The van der Waals surface area contributed by atoms with Gasteiger partial charge in [-0.05, 0) is 52.6 Å². The lowest BCUT2D eigenvalue weighted by atomic mass is 9.82. The van der Waals surface area contributed by atoms with E-state index in [0.717, 1.165) is 28.2 Å². The Hall–Kier alpha value is -5.10. The molecule has 0 fully saturated rings. The molecule has 3 heterocycles. The van der Waals surface area contributed by atoms with Crippen molar-refractivity contribution in [3.8, 4) is 39.6 Å². The summed E-state index contributed by atoms with van der Waals surface area (Å²) in [6.45, 7) is 4.72. The fraction of sp³-hybridized carbons (Fsp3) is 0.0698. The first-order valence-corrected chi connectivity index (χ1v) is 17.9. The average molecular weight is 652 g/mol. The predicted octanol–water partition coefficient (Wildman–Crippen LogP) is 11.8. The summed E-state index contributed by atoms with van der Waals surface area (Å²) in [5.41, 5.74) is 10.6. The molecule has 0 spiro atoms. The molecular formula is C43H29N3S2. The van der Waals surface area contributed by atoms with E-state index in [1.165, 1.54) is 58.1 Å². The first-order valence-electron chi connectivity index (χ1n) is 16.3. The summed E-state index contributed by atoms with van der Waals surface area (Å²) in [6.07, 6.45) is 0. The Morgan fingerprint density at radius 3 is 2.02 bits per heavy atom. The predicted molar refractivity (Wildman–Crippen MR) is 199 cm³/mol. The maximum atomic E-state index is 5.37. The van der Waals surface area contributed by atoms with Gasteiger partial charge >= 0.3 is 0 Å². The van der Waals surface area contributed by atoms with Crippen molar-refractivity contribution in [1.29, 1.82) is 0 Å². The second-order valence-electron chi connectivity index (χ2n) is 13.0. The summed E-state index contributed by atoms with van der Waals surface area (Å²) in [5, 5.41) is 2.49. The molecule has 10 rings (SSSR count). The van der Waals surface area contributed by atoms with E-state index in [9.17, 15) is 0 Å². The molecule has 6 aromatic carbocycles. The third kappa shape index (κ3) is 4.11. The van der Waals surface area contributed by atoms with Crippen LogP contribution >= 0.6 is 23.5 Å². The van der Waals surface area contributed by atoms with E-state index in [2.05, 4.69) is 152 Å². The molecule has 3 nitrogen and oxygen atoms in total. The Bertz CT molecular complexity index is 2530. The molecule has 0 atom stereocenters. The Morgan fingerprint density at radius 2 is 1.23 bits per heavy atom. The number of aromatic nitrogens is 3. The van der Waals surface area contributed by atoms with E-state index in [-0.39, 0.29) is 5.41 Å². The minimum absolute atomic E-state index is 0.0951. The number of rotatable bonds is 3. The van der Waals surface area contributed by atoms with Crippen LogP contribution in [-0.4, -0.2) is 14.5 Å². The number of fused-ring (bicyclic) bond motifs is 9. The quantitative estimate of drug-likeness (QED) is 0.190. The number of benzene rings is 6. The zero-order chi connectivity index (χ0) is 32.0. The standard InChI is InChI=1S/C43H29N3S2/c1-43(2)32-18-10-9-17-28(32)30-24-35-31(23-33(30)43)29-21-22-38-41(48-37-20-12-11-19-36(37)47-38)40(29)46(35)39-25-34(26-13-5-3-6-14-26)44-42(45-39)27-15-7-4-8-16-27/h3-25H,1-2H3. The molecule has 5 heteroatoms. The minimum Gasteiger partial charge on any atom is -0.292 e. The molecule has 0 radical (unpaired) electrons. The highest BCUT2D eigenvalue weighted by Crippen LogP contribution is 2.55. The molecular weight excluding hydrogens is 623 g/mol. The van der Waals surface area contributed by atoms with Gasteiger partial charge in [-0.3, -0.25) is 4.57 Å². The second-order valence-corrected chi connectivity index (χ2v) is 15.2. The number of hydrogen-bond donors (Lipinski definition) is 0. The second kappa shape index (κ2) is 10.4. The van der Waals surface area contributed by atoms with Gasteiger partial charge in [0.15, 0.2) is 5.82 Å². The average Bonchev–Trinajstić information content (AvgIpc) is 3.59. The summed E-state index contributed by atoms with van der Waals surface area (Å²) in [7, 11) is 0. The van der Waals surface area contributed by atoms with Crippen LogP contribution in [0, 0.1) is 0 Å². The van der Waals surface area contributed by atoms with Crippen molar-refractivity contribution in [3.63, 3.8) is 0 Å². The molecule has 0 amide bonds. The zero-order valence-corrected chi connectivity index (χ0v) is 28.1. The fourth-order valence-corrected chi connectivity index (χ4v) is 9.92. The van der Waals surface area contributed by atoms with Crippen molar-refractivity contribution in [2.45, 2.75) is 38.8 Å². The summed E-state index contributed by atoms with van der Waals surface area (Å²) in [5.74, 6) is 1.58. The lowest BCUT2D eigenvalue weighted by Crippen LogP contribution is -2.14. The lowest BCUT2D eigenvalue weighted by Gasteiger charge is -2.21. The highest BCUT2D eigenvalue weighted by atomic mass is 32.2. The highest BCUT2D eigenvalue weighted by Gasteiger charge is 2.36. The maximum absolute atomic E-state index is 5.37. The largest absolute Gasteiger partial charge is 0.292 e. The Balaban J connectivity index is 1.34. The van der Waals surface area contributed by atoms with E-state index in [1.54, 1.807) is 0 Å². The summed E-state index contributed by atoms with van der Waals surface area (Å²) >= 11 is 3.73. The Morgan fingerprint density at radius 1 is 0.542 bits per heavy atom. The van der Waals surface area contributed by atoms with Gasteiger partial charge in [-0.2, -0.15) is 0 Å². The molecule has 1 aliphatic carbocycles. The first kappa shape index (κ1) is 28.0. The highest BCUT2D eigenvalue weighted by molar-refractivity contribution is 8.05. The lowest BCUT2D eigenvalue weighted by molar-refractivity contribution is 0.661. The van der Waals surface area contributed by atoms with Crippen molar-refractivity contribution < 1.29 is 0 Å². The van der Waals surface area contributed by atoms with E-state index < -0.39 is 0 Å². The molecule has 1 aliphatic heterocycles. The van der Waals surface area contributed by atoms with Gasteiger partial charge in [-0.25, -0.2) is 9.97 Å². The molecule has 2 aliphatic rings. The van der Waals surface area contributed by atoms with E-state index in [4.69, 9.17) is 9.97 Å². The van der Waals surface area contributed by atoms with Gasteiger partial charge in [0.05, 0.1) is 21.6 Å². The topological polar surface area (TPSA) is 30.7 Å². The molecule has 228 valence electrons. The summed E-state index contributed by atoms with van der Waals surface area (Å²) < 4.78 is 2.42. The monoisotopic (exact) mass is 651 g/mol. The fourth-order valence-electron chi connectivity index (χ4n) is 7.54. The molecule has 0 bridgehead atoms. The van der Waals surface area contributed by atoms with Crippen molar-refractivity contribution in [1.82, 2.24) is 14.5 Å². The van der Waals surface area contributed by atoms with E-state index >= 15 is 0 Å². The van der Waals surface area contributed by atoms with Gasteiger partial charge in [0.2, 0.25) is 0 Å². The van der Waals surface area contributed by atoms with Gasteiger partial charge in [0.1, 0.15) is 5.82 Å². The normalized spacial score (nSPS) is 14.0. The van der Waals surface area contributed by atoms with Crippen LogP contribution in [0.4, 0.5) is 0 Å². The third-order valence-electron chi connectivity index (χ3n) is 9.87. The van der Waals surface area contributed by atoms with E-state index in [0.29, 0.717) is 5.82 Å². The first-order chi connectivity index (χ1) is 23.5. The van der Waals surface area contributed by atoms with Crippen LogP contribution in [0.3, 0.4) is 0 Å². The van der Waals surface area contributed by atoms with Crippen LogP contribution in [0.25, 0.3) is 61.4 Å². The van der Waals surface area contributed by atoms with Gasteiger partial charge in [0.25, 0.3) is 0 Å². The molecule has 0 saturated carbocycles. The van der Waals surface area contributed by atoms with Gasteiger partial charge in [0, 0.05) is 48.1 Å². The molecule has 8 aromatic rings. The van der Waals surface area contributed by atoms with E-state index in [1.807, 2.05) is 29.6 Å². The molecule has 2 aromatic heterocycles. The van der Waals surface area contributed by atoms with Crippen LogP contribution in [0.2, 0.25) is 0 Å². The SMILES string of the molecule is CC1(C)c2ccccc2-c2cc3c(cc21)c1ccc2c(c1n3-c1cc(-c3ccccc3)nc(-c3ccccc3)n1)Sc1ccccc1S2. The molecule has 48 heavy (non-hydrogen) atoms. The van der Waals surface area contributed by atoms with Crippen molar-refractivity contribution in [2.24, 2.45) is 0 Å². The van der Waals surface area contributed by atoms with Crippen LogP contribution in [0.1, 0.15) is 25.0 Å². The molecule has 0 saturated heterocycles. The summed E-state index contributed by atoms with van der Waals surface area (Å²) in [4.78, 5) is 15.6. The Labute approximate surface area is 287 Å². The van der Waals surface area contributed by atoms with Crippen LogP contribution in [0.5, 0.6) is 0 Å². The molecule has 0 unspecified atom stereocenters. The number of nitrogens with zero attached hydrogens (tertiary/aromatic N) is 3. The van der Waals surface area contributed by atoms with Gasteiger partial charge < -0.3 is 0 Å². The third-order valence-corrected chi connectivity index (χ3v) is 12.5. The molecule has 0 N–H and O–H groups in total. The van der Waals surface area contributed by atoms with Crippen molar-refractivity contribution in [3.05, 3.63) is 151 Å². The smallest absolute Gasteiger partial charge is 0.162 e. The Kier molecular flexibility index (Phi) is 6.09. The van der Waals surface area contributed by atoms with Crippen LogP contribution in [0.15, 0.2) is 159 Å². The van der Waals surface area contributed by atoms with Crippen molar-refractivity contribution >= 4 is 45.3 Å². The summed E-state index contributed by atoms with van der Waals surface area (Å²) in [6, 6.07) is 50.1. The minimum atomic E-state index is -0.0951. The van der Waals surface area contributed by atoms with Gasteiger partial charge in [-0.1, -0.05) is 140 Å². The van der Waals surface area contributed by atoms with Crippen LogP contribution < -0.4 is 0 Å². The van der Waals surface area contributed by atoms with Crippen LogP contribution in [-0.2, 0) is 5.41 Å². The number of hydrogen-bond acceptors (Lipinski definition) is 4. The zero-order valence-electron chi connectivity index (χ0n) is 26.4. The van der Waals surface area contributed by atoms with Crippen molar-refractivity contribution in [2.75, 3.05) is 0 Å². The van der Waals surface area contributed by atoms with Gasteiger partial charge in [-0.15, -0.1) is 0 Å². The maximum Gasteiger partial charge on any atom is 0.162 e.